The average molecular weight is 188 g/mol. The second-order valence-electron chi connectivity index (χ2n) is 3.37. The number of aliphatic imine (C=N–C) groups is 1. The fourth-order valence-electron chi connectivity index (χ4n) is 1.30. The van der Waals surface area contributed by atoms with Gasteiger partial charge in [0.1, 0.15) is 0 Å². The highest BCUT2D eigenvalue weighted by atomic mass is 14.7. The number of rotatable bonds is 5. The molecular weight excluding hydrogens is 170 g/mol. The predicted molar refractivity (Wildman–Crippen MR) is 63.0 cm³/mol. The third-order valence-corrected chi connectivity index (χ3v) is 2.15. The van der Waals surface area contributed by atoms with Gasteiger partial charge in [-0.25, -0.2) is 0 Å². The summed E-state index contributed by atoms with van der Waals surface area (Å²) in [6, 6.07) is 10.1. The number of para-hydroxylation sites is 1. The van der Waals surface area contributed by atoms with E-state index in [2.05, 4.69) is 18.8 Å². The van der Waals surface area contributed by atoms with Crippen molar-refractivity contribution in [3.05, 3.63) is 37.3 Å². The highest BCUT2D eigenvalue weighted by Gasteiger charge is 1.96. The molecule has 1 aromatic rings. The van der Waals surface area contributed by atoms with Gasteiger partial charge >= 0.3 is 0 Å². The molecule has 0 aliphatic rings. The lowest BCUT2D eigenvalue weighted by Gasteiger charge is -2.02. The summed E-state index contributed by atoms with van der Waals surface area (Å²) in [6.07, 6.45) is 4.32. The van der Waals surface area contributed by atoms with Crippen LogP contribution in [0.5, 0.6) is 0 Å². The summed E-state index contributed by atoms with van der Waals surface area (Å²) in [5.41, 5.74) is 2.25. The van der Waals surface area contributed by atoms with Gasteiger partial charge < -0.3 is 0 Å². The van der Waals surface area contributed by atoms with Crippen LogP contribution < -0.4 is 0 Å². The van der Waals surface area contributed by atoms with Gasteiger partial charge in [0.25, 0.3) is 0 Å². The SMILES string of the molecule is [CH2]CC(CCCC)=Nc1ccccc1. The third kappa shape index (κ3) is 3.73. The van der Waals surface area contributed by atoms with Gasteiger partial charge in [-0.3, -0.25) is 4.99 Å². The second-order valence-corrected chi connectivity index (χ2v) is 3.37. The quantitative estimate of drug-likeness (QED) is 0.615. The molecule has 75 valence electrons. The van der Waals surface area contributed by atoms with Crippen LogP contribution >= 0.6 is 0 Å². The first-order chi connectivity index (χ1) is 6.86. The Labute approximate surface area is 86.9 Å². The molecule has 0 bridgehead atoms. The van der Waals surface area contributed by atoms with E-state index in [4.69, 9.17) is 0 Å². The second kappa shape index (κ2) is 6.36. The Morgan fingerprint density at radius 1 is 1.29 bits per heavy atom. The molecule has 1 aromatic carbocycles. The third-order valence-electron chi connectivity index (χ3n) is 2.15. The molecule has 0 unspecified atom stereocenters. The van der Waals surface area contributed by atoms with Crippen LogP contribution in [0.3, 0.4) is 0 Å². The Morgan fingerprint density at radius 2 is 2.00 bits per heavy atom. The van der Waals surface area contributed by atoms with Crippen LogP contribution in [-0.4, -0.2) is 5.71 Å². The Morgan fingerprint density at radius 3 is 2.57 bits per heavy atom. The highest BCUT2D eigenvalue weighted by molar-refractivity contribution is 5.87. The van der Waals surface area contributed by atoms with Crippen LogP contribution in [0.15, 0.2) is 35.3 Å². The van der Waals surface area contributed by atoms with Gasteiger partial charge in [-0.2, -0.15) is 0 Å². The van der Waals surface area contributed by atoms with Crippen LogP contribution in [0.2, 0.25) is 0 Å². The van der Waals surface area contributed by atoms with Gasteiger partial charge in [-0.1, -0.05) is 31.5 Å². The fourth-order valence-corrected chi connectivity index (χ4v) is 1.30. The fraction of sp³-hybridized carbons (Fsp3) is 0.385. The summed E-state index contributed by atoms with van der Waals surface area (Å²) >= 11 is 0. The van der Waals surface area contributed by atoms with E-state index in [0.717, 1.165) is 18.5 Å². The molecule has 0 amide bonds. The number of hydrogen-bond donors (Lipinski definition) is 0. The van der Waals surface area contributed by atoms with Crippen molar-refractivity contribution in [3.63, 3.8) is 0 Å². The monoisotopic (exact) mass is 188 g/mol. The highest BCUT2D eigenvalue weighted by Crippen LogP contribution is 2.13. The van der Waals surface area contributed by atoms with Crippen molar-refractivity contribution >= 4 is 11.4 Å². The molecule has 0 aliphatic carbocycles. The van der Waals surface area contributed by atoms with Gasteiger partial charge in [0.15, 0.2) is 0 Å². The largest absolute Gasteiger partial charge is 0.258 e. The van der Waals surface area contributed by atoms with E-state index in [9.17, 15) is 0 Å². The minimum Gasteiger partial charge on any atom is -0.258 e. The summed E-state index contributed by atoms with van der Waals surface area (Å²) < 4.78 is 0. The maximum absolute atomic E-state index is 4.57. The lowest BCUT2D eigenvalue weighted by atomic mass is 10.1. The average Bonchev–Trinajstić information content (AvgIpc) is 2.25. The smallest absolute Gasteiger partial charge is 0.0629 e. The van der Waals surface area contributed by atoms with Gasteiger partial charge in [-0.15, -0.1) is 0 Å². The standard InChI is InChI=1S/C13H18N/c1-3-5-9-12(4-2)14-13-10-7-6-8-11-13/h6-8,10-11H,2-5,9H2,1H3. The molecule has 0 saturated heterocycles. The number of hydrogen-bond acceptors (Lipinski definition) is 1. The lowest BCUT2D eigenvalue weighted by molar-refractivity contribution is 0.829. The zero-order valence-corrected chi connectivity index (χ0v) is 8.87. The van der Waals surface area contributed by atoms with E-state index in [1.807, 2.05) is 30.3 Å². The molecule has 1 rings (SSSR count). The normalized spacial score (nSPS) is 11.7. The summed E-state index contributed by atoms with van der Waals surface area (Å²) in [5, 5.41) is 0. The molecule has 0 saturated carbocycles. The van der Waals surface area contributed by atoms with Gasteiger partial charge in [-0.05, 0) is 38.3 Å². The predicted octanol–water partition coefficient (Wildman–Crippen LogP) is 4.17. The molecule has 14 heavy (non-hydrogen) atoms. The van der Waals surface area contributed by atoms with E-state index in [0.29, 0.717) is 0 Å². The van der Waals surface area contributed by atoms with Crippen LogP contribution in [-0.2, 0) is 0 Å². The molecule has 1 heteroatoms. The number of unbranched alkanes of at least 4 members (excludes halogenated alkanes) is 1. The zero-order chi connectivity index (χ0) is 10.2. The molecule has 0 spiro atoms. The van der Waals surface area contributed by atoms with Gasteiger partial charge in [0, 0.05) is 5.71 Å². The molecule has 0 heterocycles. The Hall–Kier alpha value is -1.11. The van der Waals surface area contributed by atoms with Crippen molar-refractivity contribution in [3.8, 4) is 0 Å². The van der Waals surface area contributed by atoms with Crippen molar-refractivity contribution in [2.45, 2.75) is 32.6 Å². The van der Waals surface area contributed by atoms with Crippen molar-refractivity contribution in [2.75, 3.05) is 0 Å². The number of nitrogens with zero attached hydrogens (tertiary/aromatic N) is 1. The minimum atomic E-state index is 0.814. The van der Waals surface area contributed by atoms with Crippen LogP contribution in [0, 0.1) is 6.92 Å². The van der Waals surface area contributed by atoms with Crippen LogP contribution in [0.25, 0.3) is 0 Å². The first-order valence-corrected chi connectivity index (χ1v) is 5.27. The lowest BCUT2D eigenvalue weighted by Crippen LogP contribution is -1.95. The molecule has 0 atom stereocenters. The molecule has 0 aliphatic heterocycles. The molecular formula is C13H18N. The maximum atomic E-state index is 4.57. The molecule has 1 radical (unpaired) electrons. The van der Waals surface area contributed by atoms with Gasteiger partial charge in [0.2, 0.25) is 0 Å². The van der Waals surface area contributed by atoms with E-state index in [1.165, 1.54) is 18.6 Å². The summed E-state index contributed by atoms with van der Waals surface area (Å²) in [5.74, 6) is 0. The zero-order valence-electron chi connectivity index (χ0n) is 8.87. The first kappa shape index (κ1) is 11.0. The minimum absolute atomic E-state index is 0.814. The molecule has 1 nitrogen and oxygen atoms in total. The number of benzene rings is 1. The summed E-state index contributed by atoms with van der Waals surface area (Å²) in [4.78, 5) is 4.57. The summed E-state index contributed by atoms with van der Waals surface area (Å²) in [6.45, 7) is 6.10. The van der Waals surface area contributed by atoms with Crippen molar-refractivity contribution < 1.29 is 0 Å². The van der Waals surface area contributed by atoms with Crippen molar-refractivity contribution in [2.24, 2.45) is 4.99 Å². The molecule has 0 aromatic heterocycles. The Kier molecular flexibility index (Phi) is 4.98. The van der Waals surface area contributed by atoms with E-state index in [1.54, 1.807) is 0 Å². The topological polar surface area (TPSA) is 12.4 Å². The van der Waals surface area contributed by atoms with E-state index < -0.39 is 0 Å². The van der Waals surface area contributed by atoms with Crippen LogP contribution in [0.4, 0.5) is 5.69 Å². The van der Waals surface area contributed by atoms with Crippen molar-refractivity contribution in [1.29, 1.82) is 0 Å². The van der Waals surface area contributed by atoms with Crippen LogP contribution in [0.1, 0.15) is 32.6 Å². The Bertz CT molecular complexity index is 275. The Balaban J connectivity index is 2.64. The summed E-state index contributed by atoms with van der Waals surface area (Å²) in [7, 11) is 0. The van der Waals surface area contributed by atoms with E-state index in [-0.39, 0.29) is 0 Å². The van der Waals surface area contributed by atoms with E-state index >= 15 is 0 Å². The molecule has 0 fully saturated rings. The first-order valence-electron chi connectivity index (χ1n) is 5.27. The van der Waals surface area contributed by atoms with Crippen molar-refractivity contribution in [1.82, 2.24) is 0 Å². The van der Waals surface area contributed by atoms with Gasteiger partial charge in [0.05, 0.1) is 5.69 Å². The maximum Gasteiger partial charge on any atom is 0.0629 e. The molecule has 0 N–H and O–H groups in total.